The number of amides is 1. The monoisotopic (exact) mass is 381 g/mol. The van der Waals surface area contributed by atoms with E-state index >= 15 is 0 Å². The van der Waals surface area contributed by atoms with Gasteiger partial charge in [-0.05, 0) is 36.2 Å². The van der Waals surface area contributed by atoms with E-state index in [-0.39, 0.29) is 11.7 Å². The number of nitrogens with zero attached hydrogens (tertiary/aromatic N) is 4. The number of carbonyl (C=O) groups excluding carboxylic acids is 1. The number of nitrogens with one attached hydrogen (secondary N) is 1. The van der Waals surface area contributed by atoms with Crippen LogP contribution < -0.4 is 5.32 Å². The summed E-state index contributed by atoms with van der Waals surface area (Å²) >= 11 is 1.32. The first-order valence-electron chi connectivity index (χ1n) is 8.46. The number of rotatable bonds is 7. The second kappa shape index (κ2) is 8.56. The molecule has 7 nitrogen and oxygen atoms in total. The molecule has 0 unspecified atom stereocenters. The van der Waals surface area contributed by atoms with Crippen LogP contribution in [-0.4, -0.2) is 26.4 Å². The molecule has 0 saturated heterocycles. The molecular weight excluding hydrogens is 362 g/mol. The predicted octanol–water partition coefficient (Wildman–Crippen LogP) is 3.80. The Hall–Kier alpha value is -3.05. The maximum absolute atomic E-state index is 12.3. The highest BCUT2D eigenvalue weighted by Crippen LogP contribution is 2.25. The number of aromatic nitrogens is 3. The number of carbonyl (C=O) groups is 1. The molecule has 3 rings (SSSR count). The normalized spacial score (nSPS) is 10.7. The molecule has 3 aromatic rings. The fourth-order valence-corrected chi connectivity index (χ4v) is 3.25. The summed E-state index contributed by atoms with van der Waals surface area (Å²) in [6, 6.07) is 12.5. The molecule has 0 aliphatic carbocycles. The van der Waals surface area contributed by atoms with Crippen molar-refractivity contribution < 1.29 is 9.21 Å². The van der Waals surface area contributed by atoms with Gasteiger partial charge in [0.15, 0.2) is 16.7 Å². The summed E-state index contributed by atoms with van der Waals surface area (Å²) in [6.45, 7) is 4.93. The summed E-state index contributed by atoms with van der Waals surface area (Å²) in [5.41, 5.74) is 1.10. The molecule has 0 saturated carbocycles. The summed E-state index contributed by atoms with van der Waals surface area (Å²) in [7, 11) is 0. The van der Waals surface area contributed by atoms with E-state index in [9.17, 15) is 4.79 Å². The molecule has 0 radical (unpaired) electrons. The van der Waals surface area contributed by atoms with Crippen LogP contribution in [0.4, 0.5) is 5.69 Å². The largest absolute Gasteiger partial charge is 0.461 e. The number of benzene rings is 1. The molecule has 2 aromatic heterocycles. The Morgan fingerprint density at radius 3 is 2.89 bits per heavy atom. The van der Waals surface area contributed by atoms with Crippen molar-refractivity contribution in [1.29, 1.82) is 5.26 Å². The zero-order valence-corrected chi connectivity index (χ0v) is 15.9. The van der Waals surface area contributed by atoms with E-state index in [1.807, 2.05) is 10.6 Å². The number of anilines is 1. The standard InChI is InChI=1S/C19H19N5O2S/c1-13(2)11-24-18(16-7-4-8-26-16)22-23-19(24)27-12-17(25)21-15-6-3-5-14(9-15)10-20/h3-9,13H,11-12H2,1-2H3,(H,21,25). The van der Waals surface area contributed by atoms with Crippen LogP contribution in [0.5, 0.6) is 0 Å². The topological polar surface area (TPSA) is 96.7 Å². The van der Waals surface area contributed by atoms with Crippen molar-refractivity contribution in [1.82, 2.24) is 14.8 Å². The van der Waals surface area contributed by atoms with Crippen LogP contribution in [0.25, 0.3) is 11.6 Å². The lowest BCUT2D eigenvalue weighted by atomic mass is 10.2. The third-order valence-electron chi connectivity index (χ3n) is 3.61. The summed E-state index contributed by atoms with van der Waals surface area (Å²) in [4.78, 5) is 12.3. The van der Waals surface area contributed by atoms with Gasteiger partial charge < -0.3 is 9.73 Å². The van der Waals surface area contributed by atoms with Crippen molar-refractivity contribution in [3.05, 3.63) is 48.2 Å². The van der Waals surface area contributed by atoms with Gasteiger partial charge in [-0.1, -0.05) is 31.7 Å². The number of furan rings is 1. The first-order valence-corrected chi connectivity index (χ1v) is 9.45. The zero-order valence-electron chi connectivity index (χ0n) is 15.0. The maximum Gasteiger partial charge on any atom is 0.234 e. The van der Waals surface area contributed by atoms with Crippen LogP contribution in [0.2, 0.25) is 0 Å². The van der Waals surface area contributed by atoms with Gasteiger partial charge in [0, 0.05) is 12.2 Å². The first kappa shape index (κ1) is 18.7. The van der Waals surface area contributed by atoms with E-state index in [0.717, 1.165) is 6.54 Å². The number of thioether (sulfide) groups is 1. The third-order valence-corrected chi connectivity index (χ3v) is 4.58. The van der Waals surface area contributed by atoms with Crippen LogP contribution in [-0.2, 0) is 11.3 Å². The van der Waals surface area contributed by atoms with Crippen molar-refractivity contribution in [3.63, 3.8) is 0 Å². The fraction of sp³-hybridized carbons (Fsp3) is 0.263. The van der Waals surface area contributed by atoms with Gasteiger partial charge >= 0.3 is 0 Å². The molecular formula is C19H19N5O2S. The van der Waals surface area contributed by atoms with Gasteiger partial charge in [0.25, 0.3) is 0 Å². The Morgan fingerprint density at radius 1 is 1.33 bits per heavy atom. The van der Waals surface area contributed by atoms with Gasteiger partial charge in [-0.2, -0.15) is 5.26 Å². The van der Waals surface area contributed by atoms with E-state index in [1.54, 1.807) is 36.6 Å². The van der Waals surface area contributed by atoms with E-state index in [0.29, 0.717) is 33.9 Å². The van der Waals surface area contributed by atoms with Gasteiger partial charge in [-0.3, -0.25) is 9.36 Å². The number of nitriles is 1. The van der Waals surface area contributed by atoms with Gasteiger partial charge in [0.1, 0.15) is 0 Å². The molecule has 0 atom stereocenters. The van der Waals surface area contributed by atoms with Crippen molar-refractivity contribution in [2.24, 2.45) is 5.92 Å². The smallest absolute Gasteiger partial charge is 0.234 e. The Kier molecular flexibility index (Phi) is 5.94. The van der Waals surface area contributed by atoms with E-state index in [1.165, 1.54) is 11.8 Å². The van der Waals surface area contributed by atoms with Crippen molar-refractivity contribution in [2.45, 2.75) is 25.5 Å². The Bertz CT molecular complexity index is 957. The predicted molar refractivity (Wildman–Crippen MR) is 103 cm³/mol. The quantitative estimate of drug-likeness (QED) is 0.625. The molecule has 1 aromatic carbocycles. The average Bonchev–Trinajstić information content (AvgIpc) is 3.29. The van der Waals surface area contributed by atoms with Crippen molar-refractivity contribution in [3.8, 4) is 17.7 Å². The van der Waals surface area contributed by atoms with E-state index in [2.05, 4.69) is 35.4 Å². The molecule has 27 heavy (non-hydrogen) atoms. The zero-order chi connectivity index (χ0) is 19.2. The lowest BCUT2D eigenvalue weighted by Gasteiger charge is -2.11. The fourth-order valence-electron chi connectivity index (χ4n) is 2.51. The molecule has 0 bridgehead atoms. The average molecular weight is 381 g/mol. The molecule has 1 N–H and O–H groups in total. The molecule has 0 aliphatic heterocycles. The van der Waals surface area contributed by atoms with Gasteiger partial charge in [0.2, 0.25) is 5.91 Å². The second-order valence-electron chi connectivity index (χ2n) is 6.32. The van der Waals surface area contributed by atoms with Gasteiger partial charge in [-0.25, -0.2) is 0 Å². The van der Waals surface area contributed by atoms with Gasteiger partial charge in [-0.15, -0.1) is 10.2 Å². The van der Waals surface area contributed by atoms with Crippen LogP contribution in [0.15, 0.2) is 52.2 Å². The molecule has 1 amide bonds. The van der Waals surface area contributed by atoms with Crippen molar-refractivity contribution >= 4 is 23.4 Å². The number of hydrogen-bond acceptors (Lipinski definition) is 6. The second-order valence-corrected chi connectivity index (χ2v) is 7.26. The SMILES string of the molecule is CC(C)Cn1c(SCC(=O)Nc2cccc(C#N)c2)nnc1-c1ccco1. The minimum Gasteiger partial charge on any atom is -0.461 e. The summed E-state index contributed by atoms with van der Waals surface area (Å²) in [5, 5.41) is 20.8. The Balaban J connectivity index is 1.70. The molecule has 0 spiro atoms. The van der Waals surface area contributed by atoms with Gasteiger partial charge in [0.05, 0.1) is 23.6 Å². The molecule has 138 valence electrons. The minimum absolute atomic E-state index is 0.172. The van der Waals surface area contributed by atoms with Crippen LogP contribution in [0.1, 0.15) is 19.4 Å². The highest BCUT2D eigenvalue weighted by molar-refractivity contribution is 7.99. The highest BCUT2D eigenvalue weighted by atomic mass is 32.2. The molecule has 0 fully saturated rings. The van der Waals surface area contributed by atoms with Crippen LogP contribution in [0, 0.1) is 17.2 Å². The molecule has 8 heteroatoms. The van der Waals surface area contributed by atoms with E-state index < -0.39 is 0 Å². The highest BCUT2D eigenvalue weighted by Gasteiger charge is 2.18. The van der Waals surface area contributed by atoms with E-state index in [4.69, 9.17) is 9.68 Å². The van der Waals surface area contributed by atoms with Crippen molar-refractivity contribution in [2.75, 3.05) is 11.1 Å². The third kappa shape index (κ3) is 4.77. The summed E-state index contributed by atoms with van der Waals surface area (Å²) < 4.78 is 7.41. The molecule has 2 heterocycles. The van der Waals surface area contributed by atoms with Crippen LogP contribution in [0.3, 0.4) is 0 Å². The lowest BCUT2D eigenvalue weighted by molar-refractivity contribution is -0.113. The lowest BCUT2D eigenvalue weighted by Crippen LogP contribution is -2.15. The Morgan fingerprint density at radius 2 is 2.19 bits per heavy atom. The first-order chi connectivity index (χ1) is 13.1. The summed E-state index contributed by atoms with van der Waals surface area (Å²) in [5.74, 6) is 1.70. The summed E-state index contributed by atoms with van der Waals surface area (Å²) in [6.07, 6.45) is 1.60. The number of hydrogen-bond donors (Lipinski definition) is 1. The molecule has 0 aliphatic rings. The Labute approximate surface area is 161 Å². The van der Waals surface area contributed by atoms with Crippen LogP contribution >= 0.6 is 11.8 Å². The maximum atomic E-state index is 12.3. The minimum atomic E-state index is -0.172.